The summed E-state index contributed by atoms with van der Waals surface area (Å²) in [7, 11) is 0. The zero-order valence-corrected chi connectivity index (χ0v) is 18.8. The van der Waals surface area contributed by atoms with Crippen LogP contribution in [0, 0.1) is 5.41 Å². The topological polar surface area (TPSA) is 68.5 Å². The second kappa shape index (κ2) is 9.97. The van der Waals surface area contributed by atoms with Crippen LogP contribution in [0.15, 0.2) is 59.1 Å². The molecule has 180 valence electrons. The maximum absolute atomic E-state index is 13.2. The first-order valence-corrected chi connectivity index (χ1v) is 11.2. The lowest BCUT2D eigenvalue weighted by Crippen LogP contribution is -2.46. The summed E-state index contributed by atoms with van der Waals surface area (Å²) in [5, 5.41) is 4.04. The smallest absolute Gasteiger partial charge is 0.416 e. The van der Waals surface area contributed by atoms with E-state index in [4.69, 9.17) is 9.26 Å². The Morgan fingerprint density at radius 3 is 2.53 bits per heavy atom. The number of hydrogen-bond acceptors (Lipinski definition) is 6. The number of ether oxygens (including phenoxy) is 1. The third-order valence-electron chi connectivity index (χ3n) is 6.18. The zero-order valence-electron chi connectivity index (χ0n) is 18.8. The van der Waals surface area contributed by atoms with Gasteiger partial charge in [-0.05, 0) is 50.9 Å². The lowest BCUT2D eigenvalue weighted by atomic mass is 9.73. The summed E-state index contributed by atoms with van der Waals surface area (Å²) in [5.41, 5.74) is -0.257. The summed E-state index contributed by atoms with van der Waals surface area (Å²) < 4.78 is 50.3. The van der Waals surface area contributed by atoms with Gasteiger partial charge in [-0.3, -0.25) is 9.69 Å². The summed E-state index contributed by atoms with van der Waals surface area (Å²) in [6.45, 7) is 3.49. The molecular weight excluding hydrogens is 447 g/mol. The quantitative estimate of drug-likeness (QED) is 0.443. The Kier molecular flexibility index (Phi) is 7.02. The maximum atomic E-state index is 13.2. The molecule has 1 aromatic heterocycles. The van der Waals surface area contributed by atoms with E-state index in [1.165, 1.54) is 6.07 Å². The van der Waals surface area contributed by atoms with E-state index in [0.717, 1.165) is 17.7 Å². The predicted molar refractivity (Wildman–Crippen MR) is 118 cm³/mol. The number of carbonyl (C=O) groups is 1. The molecule has 0 amide bonds. The summed E-state index contributed by atoms with van der Waals surface area (Å²) in [4.78, 5) is 19.5. The molecule has 1 fully saturated rings. The van der Waals surface area contributed by atoms with Crippen molar-refractivity contribution in [1.29, 1.82) is 0 Å². The second-order valence-electron chi connectivity index (χ2n) is 8.53. The number of piperidine rings is 1. The van der Waals surface area contributed by atoms with Crippen molar-refractivity contribution in [3.8, 4) is 11.4 Å². The number of likely N-dealkylation sites (tertiary alicyclic amines) is 1. The van der Waals surface area contributed by atoms with Gasteiger partial charge in [0.2, 0.25) is 11.7 Å². The Balaban J connectivity index is 1.45. The van der Waals surface area contributed by atoms with Crippen molar-refractivity contribution in [3.63, 3.8) is 0 Å². The first kappa shape index (κ1) is 23.9. The van der Waals surface area contributed by atoms with E-state index in [-0.39, 0.29) is 19.0 Å². The van der Waals surface area contributed by atoms with Crippen molar-refractivity contribution < 1.29 is 27.2 Å². The van der Waals surface area contributed by atoms with Gasteiger partial charge < -0.3 is 9.26 Å². The largest absolute Gasteiger partial charge is 0.466 e. The number of hydrogen-bond donors (Lipinski definition) is 0. The van der Waals surface area contributed by atoms with Gasteiger partial charge >= 0.3 is 12.1 Å². The van der Waals surface area contributed by atoms with Gasteiger partial charge in [-0.25, -0.2) is 0 Å². The fourth-order valence-electron chi connectivity index (χ4n) is 4.34. The van der Waals surface area contributed by atoms with Crippen molar-refractivity contribution >= 4 is 5.97 Å². The predicted octanol–water partition coefficient (Wildman–Crippen LogP) is 5.14. The monoisotopic (exact) mass is 473 g/mol. The lowest BCUT2D eigenvalue weighted by Gasteiger charge is -2.39. The summed E-state index contributed by atoms with van der Waals surface area (Å²) in [6, 6.07) is 14.7. The Morgan fingerprint density at radius 2 is 1.85 bits per heavy atom. The van der Waals surface area contributed by atoms with Gasteiger partial charge in [0.05, 0.1) is 24.1 Å². The van der Waals surface area contributed by atoms with Crippen LogP contribution in [0.2, 0.25) is 0 Å². The van der Waals surface area contributed by atoms with Crippen molar-refractivity contribution in [2.45, 2.75) is 38.9 Å². The molecule has 2 aromatic carbocycles. The summed E-state index contributed by atoms with van der Waals surface area (Å²) in [6.07, 6.45) is -3.31. The van der Waals surface area contributed by atoms with Gasteiger partial charge in [-0.1, -0.05) is 53.7 Å². The van der Waals surface area contributed by atoms with Crippen LogP contribution in [-0.2, 0) is 28.7 Å². The fraction of sp³-hybridized carbons (Fsp3) is 0.400. The summed E-state index contributed by atoms with van der Waals surface area (Å²) >= 11 is 0. The van der Waals surface area contributed by atoms with Gasteiger partial charge in [-0.2, -0.15) is 18.2 Å². The standard InChI is InChI=1S/C25H26F3N3O3/c1-2-33-23(32)24(16-18-7-6-10-20(15-18)25(26,27)28)11-13-31(14-12-24)17-21-29-22(30-34-21)19-8-4-3-5-9-19/h3-10,15H,2,11-14,16-17H2,1H3. The van der Waals surface area contributed by atoms with Gasteiger partial charge in [0.15, 0.2) is 0 Å². The molecule has 6 nitrogen and oxygen atoms in total. The first-order valence-electron chi connectivity index (χ1n) is 11.2. The Hall–Kier alpha value is -3.20. The zero-order chi connectivity index (χ0) is 24.2. The molecule has 2 heterocycles. The minimum Gasteiger partial charge on any atom is -0.466 e. The minimum atomic E-state index is -4.43. The number of nitrogens with zero attached hydrogens (tertiary/aromatic N) is 3. The molecule has 0 bridgehead atoms. The first-order chi connectivity index (χ1) is 16.3. The molecule has 1 saturated heterocycles. The minimum absolute atomic E-state index is 0.197. The average molecular weight is 473 g/mol. The number of carbonyl (C=O) groups excluding carboxylic acids is 1. The molecule has 1 aliphatic rings. The van der Waals surface area contributed by atoms with Crippen LogP contribution in [-0.4, -0.2) is 40.7 Å². The molecule has 34 heavy (non-hydrogen) atoms. The number of benzene rings is 2. The molecule has 9 heteroatoms. The third-order valence-corrected chi connectivity index (χ3v) is 6.18. The van der Waals surface area contributed by atoms with Crippen molar-refractivity contribution in [1.82, 2.24) is 15.0 Å². The molecule has 0 N–H and O–H groups in total. The van der Waals surface area contributed by atoms with Gasteiger partial charge in [0, 0.05) is 5.56 Å². The number of esters is 1. The van der Waals surface area contributed by atoms with Gasteiger partial charge in [0.25, 0.3) is 0 Å². The Morgan fingerprint density at radius 1 is 1.12 bits per heavy atom. The highest BCUT2D eigenvalue weighted by Crippen LogP contribution is 2.38. The Bertz CT molecular complexity index is 1110. The normalized spacial score (nSPS) is 16.4. The van der Waals surface area contributed by atoms with Crippen LogP contribution in [0.4, 0.5) is 13.2 Å². The average Bonchev–Trinajstić information content (AvgIpc) is 3.29. The molecule has 0 radical (unpaired) electrons. The molecule has 0 spiro atoms. The second-order valence-corrected chi connectivity index (χ2v) is 8.53. The molecule has 0 atom stereocenters. The maximum Gasteiger partial charge on any atom is 0.416 e. The van der Waals surface area contributed by atoms with E-state index < -0.39 is 17.2 Å². The highest BCUT2D eigenvalue weighted by molar-refractivity contribution is 5.77. The van der Waals surface area contributed by atoms with Crippen molar-refractivity contribution in [2.75, 3.05) is 19.7 Å². The molecule has 1 aliphatic heterocycles. The van der Waals surface area contributed by atoms with E-state index in [2.05, 4.69) is 15.0 Å². The van der Waals surface area contributed by atoms with Crippen LogP contribution < -0.4 is 0 Å². The SMILES string of the molecule is CCOC(=O)C1(Cc2cccc(C(F)(F)F)c2)CCN(Cc2nc(-c3ccccc3)no2)CC1. The van der Waals surface area contributed by atoms with Crippen molar-refractivity contribution in [2.24, 2.45) is 5.41 Å². The van der Waals surface area contributed by atoms with E-state index in [1.54, 1.807) is 13.0 Å². The molecular formula is C25H26F3N3O3. The highest BCUT2D eigenvalue weighted by atomic mass is 19.4. The van der Waals surface area contributed by atoms with Crippen LogP contribution in [0.25, 0.3) is 11.4 Å². The lowest BCUT2D eigenvalue weighted by molar-refractivity contribution is -0.158. The van der Waals surface area contributed by atoms with Gasteiger partial charge in [-0.15, -0.1) is 0 Å². The van der Waals surface area contributed by atoms with Crippen molar-refractivity contribution in [3.05, 3.63) is 71.6 Å². The van der Waals surface area contributed by atoms with Crippen LogP contribution in [0.1, 0.15) is 36.8 Å². The molecule has 4 rings (SSSR count). The third kappa shape index (κ3) is 5.47. The Labute approximate surface area is 195 Å². The van der Waals surface area contributed by atoms with Crippen LogP contribution >= 0.6 is 0 Å². The number of alkyl halides is 3. The van der Waals surface area contributed by atoms with E-state index in [1.807, 2.05) is 30.3 Å². The summed E-state index contributed by atoms with van der Waals surface area (Å²) in [5.74, 6) is 0.620. The number of halogens is 3. The van der Waals surface area contributed by atoms with Crippen LogP contribution in [0.5, 0.6) is 0 Å². The van der Waals surface area contributed by atoms with Gasteiger partial charge in [0.1, 0.15) is 0 Å². The fourth-order valence-corrected chi connectivity index (χ4v) is 4.34. The van der Waals surface area contributed by atoms with Crippen LogP contribution in [0.3, 0.4) is 0 Å². The molecule has 0 aliphatic carbocycles. The highest BCUT2D eigenvalue weighted by Gasteiger charge is 2.43. The van der Waals surface area contributed by atoms with E-state index in [9.17, 15) is 18.0 Å². The molecule has 3 aromatic rings. The molecule has 0 unspecified atom stereocenters. The van der Waals surface area contributed by atoms with E-state index >= 15 is 0 Å². The number of aromatic nitrogens is 2. The molecule has 0 saturated carbocycles. The van der Waals surface area contributed by atoms with E-state index in [0.29, 0.717) is 49.8 Å². The number of rotatable bonds is 7.